The van der Waals surface area contributed by atoms with Crippen LogP contribution in [-0.2, 0) is 23.9 Å². The summed E-state index contributed by atoms with van der Waals surface area (Å²) in [5, 5.41) is 5.78. The Morgan fingerprint density at radius 3 is 2.29 bits per heavy atom. The van der Waals surface area contributed by atoms with Gasteiger partial charge in [0.1, 0.15) is 11.3 Å². The van der Waals surface area contributed by atoms with Gasteiger partial charge in [-0.1, -0.05) is 26.5 Å². The molecule has 0 fully saturated rings. The highest BCUT2D eigenvalue weighted by molar-refractivity contribution is 6.18. The molecule has 2 aromatic heterocycles. The fourth-order valence-corrected chi connectivity index (χ4v) is 8.08. The van der Waals surface area contributed by atoms with E-state index < -0.39 is 11.9 Å². The maximum Gasteiger partial charge on any atom is 0.349 e. The molecule has 6 rings (SSSR count). The van der Waals surface area contributed by atoms with Crippen molar-refractivity contribution in [3.05, 3.63) is 81.7 Å². The number of Topliss-reactive ketones (excluding diaryl/α,β-unsaturated/α-hetero) is 1. The van der Waals surface area contributed by atoms with Crippen LogP contribution in [-0.4, -0.2) is 75.8 Å². The van der Waals surface area contributed by atoms with E-state index in [1.807, 2.05) is 38.1 Å². The van der Waals surface area contributed by atoms with Crippen molar-refractivity contribution in [2.75, 3.05) is 26.3 Å². The standard InChI is InChI=1S/C45H54N6O7/c1-8-29-25(4)32-21-34-27(6)31(14-16-39(54)46-17-11-10-12-19-57-20-18-47-38(53)15-13-24(3)52)42(50-34)41-43-40(44(55)58-45(41)56)28(7)35(51-43)23-37-30(9-2)26(5)33(49-37)22-36(29)48-32/h8,21-23,27,31,50-51H,1,9-20H2,2-7H3,(H,46,54)(H,47,53). The fourth-order valence-electron chi connectivity index (χ4n) is 8.08. The molecule has 13 nitrogen and oxygen atoms in total. The van der Waals surface area contributed by atoms with Crippen LogP contribution in [0.5, 0.6) is 0 Å². The Kier molecular flexibility index (Phi) is 13.2. The number of amides is 2. The van der Waals surface area contributed by atoms with Crippen molar-refractivity contribution in [1.82, 2.24) is 30.6 Å². The van der Waals surface area contributed by atoms with Gasteiger partial charge in [-0.25, -0.2) is 19.6 Å². The first kappa shape index (κ1) is 41.9. The number of hydrogen-bond acceptors (Lipinski definition) is 9. The quantitative estimate of drug-likeness (QED) is 0.0713. The molecule has 2 amide bonds. The minimum Gasteiger partial charge on any atom is -0.386 e. The number of carbonyl (C=O) groups is 5. The number of rotatable bonds is 17. The number of ketones is 1. The van der Waals surface area contributed by atoms with Gasteiger partial charge in [0.05, 0.1) is 40.5 Å². The third-order valence-corrected chi connectivity index (χ3v) is 11.5. The number of H-pyrrole nitrogens is 2. The predicted octanol–water partition coefficient (Wildman–Crippen LogP) is 7.57. The second-order valence-electron chi connectivity index (χ2n) is 15.4. The Bertz CT molecular complexity index is 2310. The third kappa shape index (κ3) is 8.89. The molecule has 4 aliphatic heterocycles. The van der Waals surface area contributed by atoms with Gasteiger partial charge >= 0.3 is 11.9 Å². The zero-order valence-corrected chi connectivity index (χ0v) is 34.4. The lowest BCUT2D eigenvalue weighted by molar-refractivity contribution is -0.124. The van der Waals surface area contributed by atoms with E-state index in [0.29, 0.717) is 60.6 Å². The van der Waals surface area contributed by atoms with E-state index in [9.17, 15) is 24.0 Å². The lowest BCUT2D eigenvalue weighted by Crippen LogP contribution is -2.27. The molecule has 2 atom stereocenters. The maximum absolute atomic E-state index is 13.8. The highest BCUT2D eigenvalue weighted by Crippen LogP contribution is 2.44. The summed E-state index contributed by atoms with van der Waals surface area (Å²) in [7, 11) is 0. The smallest absolute Gasteiger partial charge is 0.349 e. The number of carbonyl (C=O) groups excluding carboxylic acids is 5. The van der Waals surface area contributed by atoms with Crippen LogP contribution in [0.4, 0.5) is 0 Å². The molecule has 2 aromatic rings. The summed E-state index contributed by atoms with van der Waals surface area (Å²) < 4.78 is 11.0. The lowest BCUT2D eigenvalue weighted by Gasteiger charge is -2.19. The van der Waals surface area contributed by atoms with E-state index in [4.69, 9.17) is 19.4 Å². The molecule has 0 aromatic carbocycles. The number of nitrogens with zero attached hydrogens (tertiary/aromatic N) is 2. The minimum atomic E-state index is -0.748. The fraction of sp³-hybridized carbons (Fsp3) is 0.444. The molecule has 4 N–H and O–H groups in total. The zero-order chi connectivity index (χ0) is 41.7. The molecular formula is C45H54N6O7. The molecule has 13 heteroatoms. The van der Waals surface area contributed by atoms with Crippen molar-refractivity contribution >= 4 is 62.9 Å². The zero-order valence-electron chi connectivity index (χ0n) is 34.4. The molecule has 6 heterocycles. The molecule has 4 aliphatic rings. The number of unbranched alkanes of at least 4 members (excludes halogenated alkanes) is 2. The number of aromatic amines is 2. The Hall–Kier alpha value is -5.69. The number of aromatic nitrogens is 4. The number of hydrogen-bond donors (Lipinski definition) is 4. The maximum atomic E-state index is 13.8. The number of cyclic esters (lactones) is 2. The minimum absolute atomic E-state index is 0.0111. The number of ether oxygens (including phenoxy) is 2. The molecular weight excluding hydrogens is 737 g/mol. The van der Waals surface area contributed by atoms with Crippen molar-refractivity contribution in [1.29, 1.82) is 0 Å². The van der Waals surface area contributed by atoms with E-state index in [1.165, 1.54) is 6.92 Å². The van der Waals surface area contributed by atoms with Crippen LogP contribution < -0.4 is 10.6 Å². The number of allylic oxidation sites excluding steroid dienone is 5. The number of aryl methyl sites for hydroxylation is 1. The molecule has 2 unspecified atom stereocenters. The van der Waals surface area contributed by atoms with Gasteiger partial charge in [0, 0.05) is 73.3 Å². The van der Waals surface area contributed by atoms with E-state index in [0.717, 1.165) is 76.4 Å². The van der Waals surface area contributed by atoms with Crippen molar-refractivity contribution in [2.45, 2.75) is 105 Å². The second kappa shape index (κ2) is 18.3. The van der Waals surface area contributed by atoms with Crippen LogP contribution in [0.3, 0.4) is 0 Å². The summed E-state index contributed by atoms with van der Waals surface area (Å²) in [6.07, 6.45) is 6.12. The van der Waals surface area contributed by atoms with Gasteiger partial charge in [-0.05, 0) is 100 Å². The van der Waals surface area contributed by atoms with E-state index in [-0.39, 0.29) is 54.3 Å². The Morgan fingerprint density at radius 1 is 0.845 bits per heavy atom. The van der Waals surface area contributed by atoms with E-state index >= 15 is 0 Å². The molecule has 58 heavy (non-hydrogen) atoms. The van der Waals surface area contributed by atoms with Gasteiger partial charge in [-0.3, -0.25) is 9.59 Å². The molecule has 0 aliphatic carbocycles. The van der Waals surface area contributed by atoms with Crippen LogP contribution in [0.1, 0.15) is 158 Å². The molecule has 306 valence electrons. The molecule has 0 spiro atoms. The largest absolute Gasteiger partial charge is 0.386 e. The van der Waals surface area contributed by atoms with Gasteiger partial charge in [-0.15, -0.1) is 0 Å². The van der Waals surface area contributed by atoms with Crippen LogP contribution in [0.15, 0.2) is 30.9 Å². The normalized spacial score (nSPS) is 16.7. The summed E-state index contributed by atoms with van der Waals surface area (Å²) in [4.78, 5) is 80.0. The van der Waals surface area contributed by atoms with Gasteiger partial charge in [0.2, 0.25) is 11.8 Å². The van der Waals surface area contributed by atoms with E-state index in [2.05, 4.69) is 48.0 Å². The third-order valence-electron chi connectivity index (χ3n) is 11.5. The molecule has 0 saturated heterocycles. The lowest BCUT2D eigenvalue weighted by atomic mass is 9.85. The topological polar surface area (TPSA) is 185 Å². The Labute approximate surface area is 338 Å². The monoisotopic (exact) mass is 790 g/mol. The van der Waals surface area contributed by atoms with E-state index in [1.54, 1.807) is 0 Å². The number of nitrogens with one attached hydrogen (secondary N) is 4. The average molecular weight is 791 g/mol. The predicted molar refractivity (Wildman–Crippen MR) is 223 cm³/mol. The van der Waals surface area contributed by atoms with Crippen LogP contribution in [0.2, 0.25) is 0 Å². The van der Waals surface area contributed by atoms with Crippen LogP contribution in [0.25, 0.3) is 33.3 Å². The number of fused-ring (bicyclic) bond motifs is 8. The van der Waals surface area contributed by atoms with Crippen molar-refractivity contribution in [2.24, 2.45) is 0 Å². The molecule has 0 radical (unpaired) electrons. The van der Waals surface area contributed by atoms with Crippen molar-refractivity contribution in [3.63, 3.8) is 0 Å². The Morgan fingerprint density at radius 2 is 1.55 bits per heavy atom. The van der Waals surface area contributed by atoms with Crippen molar-refractivity contribution < 1.29 is 33.4 Å². The van der Waals surface area contributed by atoms with Gasteiger partial charge in [0.15, 0.2) is 0 Å². The Balaban J connectivity index is 1.22. The van der Waals surface area contributed by atoms with Crippen LogP contribution >= 0.6 is 0 Å². The van der Waals surface area contributed by atoms with Gasteiger partial charge in [0.25, 0.3) is 0 Å². The second-order valence-corrected chi connectivity index (χ2v) is 15.4. The summed E-state index contributed by atoms with van der Waals surface area (Å²) in [5.41, 5.74) is 10.8. The summed E-state index contributed by atoms with van der Waals surface area (Å²) in [6.45, 7) is 17.5. The molecule has 0 saturated carbocycles. The number of esters is 2. The molecule has 8 bridgehead atoms. The first-order valence-corrected chi connectivity index (χ1v) is 20.3. The first-order chi connectivity index (χ1) is 27.8. The average Bonchev–Trinajstić information content (AvgIpc) is 3.86. The first-order valence-electron chi connectivity index (χ1n) is 20.3. The summed E-state index contributed by atoms with van der Waals surface area (Å²) >= 11 is 0. The summed E-state index contributed by atoms with van der Waals surface area (Å²) in [6, 6.07) is 5.93. The van der Waals surface area contributed by atoms with Gasteiger partial charge < -0.3 is 34.9 Å². The summed E-state index contributed by atoms with van der Waals surface area (Å²) in [5.74, 6) is -2.13. The van der Waals surface area contributed by atoms with Crippen LogP contribution in [0, 0.1) is 6.92 Å². The van der Waals surface area contributed by atoms with Gasteiger partial charge in [-0.2, -0.15) is 0 Å². The highest BCUT2D eigenvalue weighted by Gasteiger charge is 2.38. The SMILES string of the molecule is C=CC1=C(C)c2cc3[nH]c(c4c5[nH]c(cc6nc(cc1n2)C(C)=C6CC)c(C)c5C(=O)OC4=O)C(CCC(=O)NCCCCCOCCNC(=O)CCC(C)=O)C3C. The van der Waals surface area contributed by atoms with Crippen molar-refractivity contribution in [3.8, 4) is 0 Å². The highest BCUT2D eigenvalue weighted by atomic mass is 16.6.